The Kier molecular flexibility index (Phi) is 6.76. The number of imide groups is 2. The predicted molar refractivity (Wildman–Crippen MR) is 133 cm³/mol. The van der Waals surface area contributed by atoms with Gasteiger partial charge in [-0.15, -0.1) is 0 Å². The van der Waals surface area contributed by atoms with Gasteiger partial charge in [-0.25, -0.2) is 9.69 Å². The fourth-order valence-corrected chi connectivity index (χ4v) is 4.68. The molecule has 0 saturated carbocycles. The third kappa shape index (κ3) is 5.07. The van der Waals surface area contributed by atoms with Crippen molar-refractivity contribution in [3.8, 4) is 5.75 Å². The maximum atomic E-state index is 13.2. The van der Waals surface area contributed by atoms with E-state index in [4.69, 9.17) is 4.74 Å². The Morgan fingerprint density at radius 2 is 1.67 bits per heavy atom. The van der Waals surface area contributed by atoms with Gasteiger partial charge >= 0.3 is 6.03 Å². The summed E-state index contributed by atoms with van der Waals surface area (Å²) in [5, 5.41) is 2.24. The normalized spacial score (nSPS) is 15.1. The van der Waals surface area contributed by atoms with Crippen LogP contribution in [0.1, 0.15) is 16.7 Å². The fraction of sp³-hybridized carbons (Fsp3) is 0.0800. The van der Waals surface area contributed by atoms with Crippen molar-refractivity contribution in [2.75, 3.05) is 4.90 Å². The van der Waals surface area contributed by atoms with E-state index in [1.165, 1.54) is 6.08 Å². The molecule has 1 aliphatic rings. The number of carbonyl (C=O) groups excluding carboxylic acids is 3. The van der Waals surface area contributed by atoms with Gasteiger partial charge in [-0.2, -0.15) is 0 Å². The van der Waals surface area contributed by atoms with Crippen LogP contribution in [-0.2, 0) is 16.2 Å². The molecule has 3 aromatic rings. The molecule has 4 amide bonds. The van der Waals surface area contributed by atoms with Crippen LogP contribution in [0, 0.1) is 6.92 Å². The number of rotatable bonds is 5. The van der Waals surface area contributed by atoms with Crippen molar-refractivity contribution in [2.45, 2.75) is 13.5 Å². The lowest BCUT2D eigenvalue weighted by Crippen LogP contribution is -2.54. The lowest BCUT2D eigenvalue weighted by molar-refractivity contribution is -0.122. The molecule has 1 N–H and O–H groups in total. The number of amides is 4. The maximum absolute atomic E-state index is 13.2. The molecule has 0 radical (unpaired) electrons. The molecule has 0 atom stereocenters. The molecule has 1 fully saturated rings. The SMILES string of the molecule is Cc1ccc(COc2c(Br)cc(Br)cc2/C=C2\C(=O)NC(=O)N(c3ccccc3)C2=O)cc1. The minimum Gasteiger partial charge on any atom is -0.487 e. The zero-order chi connectivity index (χ0) is 23.5. The molecule has 1 saturated heterocycles. The number of carbonyl (C=O) groups is 3. The van der Waals surface area contributed by atoms with Crippen molar-refractivity contribution in [3.63, 3.8) is 0 Å². The fourth-order valence-electron chi connectivity index (χ4n) is 3.30. The first-order valence-electron chi connectivity index (χ1n) is 9.97. The van der Waals surface area contributed by atoms with E-state index in [-0.39, 0.29) is 5.57 Å². The van der Waals surface area contributed by atoms with Crippen LogP contribution in [0.5, 0.6) is 5.75 Å². The minimum absolute atomic E-state index is 0.177. The molecule has 166 valence electrons. The van der Waals surface area contributed by atoms with Gasteiger partial charge in [-0.1, -0.05) is 64.0 Å². The number of benzene rings is 3. The van der Waals surface area contributed by atoms with Gasteiger partial charge in [0, 0.05) is 10.0 Å². The highest BCUT2D eigenvalue weighted by Gasteiger charge is 2.37. The number of barbiturate groups is 1. The monoisotopic (exact) mass is 568 g/mol. The Bertz CT molecular complexity index is 1270. The van der Waals surface area contributed by atoms with Gasteiger partial charge in [0.2, 0.25) is 0 Å². The quantitative estimate of drug-likeness (QED) is 0.313. The van der Waals surface area contributed by atoms with Gasteiger partial charge in [0.1, 0.15) is 17.9 Å². The molecule has 0 aliphatic carbocycles. The van der Waals surface area contributed by atoms with Crippen LogP contribution in [0.4, 0.5) is 10.5 Å². The molecule has 6 nitrogen and oxygen atoms in total. The molecule has 33 heavy (non-hydrogen) atoms. The van der Waals surface area contributed by atoms with Crippen molar-refractivity contribution in [3.05, 3.63) is 97.9 Å². The molecule has 8 heteroatoms. The molecule has 1 aliphatic heterocycles. The second-order valence-corrected chi connectivity index (χ2v) is 9.14. The van der Waals surface area contributed by atoms with Gasteiger partial charge in [0.15, 0.2) is 0 Å². The number of aryl methyl sites for hydroxylation is 1. The maximum Gasteiger partial charge on any atom is 0.335 e. The van der Waals surface area contributed by atoms with Crippen molar-refractivity contribution in [1.82, 2.24) is 5.32 Å². The van der Waals surface area contributed by atoms with Crippen LogP contribution >= 0.6 is 31.9 Å². The predicted octanol–water partition coefficient (Wildman–Crippen LogP) is 5.77. The number of nitrogens with one attached hydrogen (secondary N) is 1. The highest BCUT2D eigenvalue weighted by Crippen LogP contribution is 2.35. The van der Waals surface area contributed by atoms with E-state index < -0.39 is 17.8 Å². The van der Waals surface area contributed by atoms with E-state index in [2.05, 4.69) is 37.2 Å². The second kappa shape index (κ2) is 9.72. The van der Waals surface area contributed by atoms with Crippen LogP contribution in [0.3, 0.4) is 0 Å². The van der Waals surface area contributed by atoms with Crippen LogP contribution in [0.25, 0.3) is 6.08 Å². The Morgan fingerprint density at radius 3 is 2.36 bits per heavy atom. The number of anilines is 1. The number of hydrogen-bond acceptors (Lipinski definition) is 4. The summed E-state index contributed by atoms with van der Waals surface area (Å²) >= 11 is 6.94. The average molecular weight is 570 g/mol. The first-order chi connectivity index (χ1) is 15.8. The molecule has 0 spiro atoms. The summed E-state index contributed by atoms with van der Waals surface area (Å²) in [5.41, 5.74) is 2.81. The van der Waals surface area contributed by atoms with E-state index in [9.17, 15) is 14.4 Å². The lowest BCUT2D eigenvalue weighted by atomic mass is 10.1. The minimum atomic E-state index is -0.792. The highest BCUT2D eigenvalue weighted by molar-refractivity contribution is 9.11. The van der Waals surface area contributed by atoms with Crippen molar-refractivity contribution >= 4 is 61.5 Å². The topological polar surface area (TPSA) is 75.7 Å². The number of nitrogens with zero attached hydrogens (tertiary/aromatic N) is 1. The third-order valence-corrected chi connectivity index (χ3v) is 6.00. The van der Waals surface area contributed by atoms with Crippen molar-refractivity contribution in [1.29, 1.82) is 0 Å². The van der Waals surface area contributed by atoms with E-state index in [1.54, 1.807) is 36.4 Å². The zero-order valence-corrected chi connectivity index (χ0v) is 20.6. The molecular weight excluding hydrogens is 552 g/mol. The Morgan fingerprint density at radius 1 is 0.970 bits per heavy atom. The van der Waals surface area contributed by atoms with E-state index in [1.807, 2.05) is 37.3 Å². The standard InChI is InChI=1S/C25H18Br2N2O4/c1-15-7-9-16(10-8-15)14-33-22-17(11-18(26)13-21(22)27)12-20-23(30)28-25(32)29(24(20)31)19-5-3-2-4-6-19/h2-13H,14H2,1H3,(H,28,30,32)/b20-12+. The molecule has 0 unspecified atom stereocenters. The van der Waals surface area contributed by atoms with Gasteiger partial charge < -0.3 is 4.74 Å². The molecule has 0 bridgehead atoms. The molecule has 3 aromatic carbocycles. The molecule has 4 rings (SSSR count). The number of urea groups is 1. The largest absolute Gasteiger partial charge is 0.487 e. The second-order valence-electron chi connectivity index (χ2n) is 7.37. The number of hydrogen-bond donors (Lipinski definition) is 1. The number of para-hydroxylation sites is 1. The van der Waals surface area contributed by atoms with Crippen LogP contribution in [0.2, 0.25) is 0 Å². The molecule has 0 aromatic heterocycles. The molecular formula is C25H18Br2N2O4. The summed E-state index contributed by atoms with van der Waals surface area (Å²) in [4.78, 5) is 39.0. The van der Waals surface area contributed by atoms with Gasteiger partial charge in [0.05, 0.1) is 10.2 Å². The van der Waals surface area contributed by atoms with Crippen molar-refractivity contribution in [2.24, 2.45) is 0 Å². The third-order valence-electron chi connectivity index (χ3n) is 4.96. The first-order valence-corrected chi connectivity index (χ1v) is 11.6. The average Bonchev–Trinajstić information content (AvgIpc) is 2.77. The summed E-state index contributed by atoms with van der Waals surface area (Å²) in [7, 11) is 0. The van der Waals surface area contributed by atoms with E-state index in [0.29, 0.717) is 28.1 Å². The summed E-state index contributed by atoms with van der Waals surface area (Å²) in [6, 6.07) is 19.1. The van der Waals surface area contributed by atoms with Crippen molar-refractivity contribution < 1.29 is 19.1 Å². The highest BCUT2D eigenvalue weighted by atomic mass is 79.9. The number of ether oxygens (including phenoxy) is 1. The van der Waals surface area contributed by atoms with Crippen LogP contribution in [-0.4, -0.2) is 17.8 Å². The van der Waals surface area contributed by atoms with Gasteiger partial charge in [-0.05, 0) is 58.8 Å². The number of halogens is 2. The Hall–Kier alpha value is -3.23. The summed E-state index contributed by atoms with van der Waals surface area (Å²) < 4.78 is 7.43. The van der Waals surface area contributed by atoms with E-state index in [0.717, 1.165) is 20.5 Å². The summed E-state index contributed by atoms with van der Waals surface area (Å²) in [6.45, 7) is 2.31. The van der Waals surface area contributed by atoms with Gasteiger partial charge in [0.25, 0.3) is 11.8 Å². The van der Waals surface area contributed by atoms with Crippen LogP contribution < -0.4 is 15.0 Å². The first kappa shape index (κ1) is 22.9. The lowest BCUT2D eigenvalue weighted by Gasteiger charge is -2.26. The van der Waals surface area contributed by atoms with Crippen LogP contribution in [0.15, 0.2) is 81.2 Å². The smallest absolute Gasteiger partial charge is 0.335 e. The Balaban J connectivity index is 1.70. The van der Waals surface area contributed by atoms with Gasteiger partial charge in [-0.3, -0.25) is 14.9 Å². The summed E-state index contributed by atoms with van der Waals surface area (Å²) in [6.07, 6.45) is 1.43. The molecule has 1 heterocycles. The Labute approximate surface area is 207 Å². The summed E-state index contributed by atoms with van der Waals surface area (Å²) in [5.74, 6) is -1.01. The zero-order valence-electron chi connectivity index (χ0n) is 17.5. The van der Waals surface area contributed by atoms with E-state index >= 15 is 0 Å².